The lowest BCUT2D eigenvalue weighted by atomic mass is 9.79. The summed E-state index contributed by atoms with van der Waals surface area (Å²) in [7, 11) is 1.80. The van der Waals surface area contributed by atoms with Gasteiger partial charge in [0.1, 0.15) is 0 Å². The van der Waals surface area contributed by atoms with E-state index in [2.05, 4.69) is 36.5 Å². The van der Waals surface area contributed by atoms with Gasteiger partial charge in [-0.2, -0.15) is 0 Å². The highest BCUT2D eigenvalue weighted by Crippen LogP contribution is 2.33. The molecule has 2 atom stereocenters. The fraction of sp³-hybridized carbons (Fsp3) is 0.600. The van der Waals surface area contributed by atoms with Gasteiger partial charge in [-0.15, -0.1) is 0 Å². The zero-order valence-corrected chi connectivity index (χ0v) is 11.4. The van der Waals surface area contributed by atoms with Gasteiger partial charge in [-0.3, -0.25) is 0 Å². The first-order valence-electron chi connectivity index (χ1n) is 6.76. The highest BCUT2D eigenvalue weighted by Gasteiger charge is 2.35. The van der Waals surface area contributed by atoms with Crippen molar-refractivity contribution in [3.63, 3.8) is 0 Å². The number of nitrogens with two attached hydrogens (primary N) is 1. The van der Waals surface area contributed by atoms with E-state index in [9.17, 15) is 0 Å². The van der Waals surface area contributed by atoms with Gasteiger partial charge in [0.05, 0.1) is 11.6 Å². The van der Waals surface area contributed by atoms with Gasteiger partial charge < -0.3 is 15.8 Å². The molecule has 0 radical (unpaired) electrons. The van der Waals surface area contributed by atoms with Crippen molar-refractivity contribution in [2.24, 2.45) is 5.73 Å². The predicted molar refractivity (Wildman–Crippen MR) is 75.9 cm³/mol. The summed E-state index contributed by atoms with van der Waals surface area (Å²) in [6.07, 6.45) is 4.77. The number of rotatable bonds is 4. The van der Waals surface area contributed by atoms with Crippen molar-refractivity contribution in [2.75, 3.05) is 19.0 Å². The van der Waals surface area contributed by atoms with E-state index in [0.717, 1.165) is 19.3 Å². The molecule has 3 N–H and O–H groups in total. The molecule has 0 aliphatic heterocycles. The third kappa shape index (κ3) is 2.85. The minimum absolute atomic E-state index is 0.00889. The van der Waals surface area contributed by atoms with Crippen LogP contribution >= 0.6 is 0 Å². The maximum Gasteiger partial charge on any atom is 0.0594 e. The Balaban J connectivity index is 2.15. The topological polar surface area (TPSA) is 47.3 Å². The summed E-state index contributed by atoms with van der Waals surface area (Å²) in [5, 5.41) is 3.67. The van der Waals surface area contributed by atoms with E-state index in [1.807, 2.05) is 0 Å². The Hall–Kier alpha value is -1.06. The van der Waals surface area contributed by atoms with Gasteiger partial charge in [-0.05, 0) is 44.2 Å². The minimum Gasteiger partial charge on any atom is -0.381 e. The van der Waals surface area contributed by atoms with E-state index < -0.39 is 0 Å². The summed E-state index contributed by atoms with van der Waals surface area (Å²) >= 11 is 0. The number of anilines is 1. The van der Waals surface area contributed by atoms with E-state index in [4.69, 9.17) is 10.5 Å². The lowest BCUT2D eigenvalue weighted by Gasteiger charge is -2.41. The largest absolute Gasteiger partial charge is 0.381 e. The van der Waals surface area contributed by atoms with E-state index in [0.29, 0.717) is 12.6 Å². The Kier molecular flexibility index (Phi) is 4.25. The predicted octanol–water partition coefficient (Wildman–Crippen LogP) is 2.69. The molecular formula is C15H24N2O. The Morgan fingerprint density at radius 1 is 1.44 bits per heavy atom. The molecule has 1 aromatic rings. The zero-order valence-electron chi connectivity index (χ0n) is 11.4. The van der Waals surface area contributed by atoms with Crippen LogP contribution in [0.3, 0.4) is 0 Å². The van der Waals surface area contributed by atoms with Crippen LogP contribution in [0.25, 0.3) is 0 Å². The number of aryl methyl sites for hydroxylation is 1. The van der Waals surface area contributed by atoms with E-state index in [-0.39, 0.29) is 5.54 Å². The normalized spacial score (nSPS) is 28.1. The Morgan fingerprint density at radius 2 is 2.22 bits per heavy atom. The molecule has 18 heavy (non-hydrogen) atoms. The monoisotopic (exact) mass is 248 g/mol. The van der Waals surface area contributed by atoms with Crippen molar-refractivity contribution in [3.05, 3.63) is 29.8 Å². The second kappa shape index (κ2) is 5.72. The molecule has 0 spiro atoms. The van der Waals surface area contributed by atoms with Gasteiger partial charge >= 0.3 is 0 Å². The molecule has 1 fully saturated rings. The van der Waals surface area contributed by atoms with Gasteiger partial charge in [0, 0.05) is 19.3 Å². The van der Waals surface area contributed by atoms with Crippen molar-refractivity contribution >= 4 is 5.69 Å². The molecule has 2 unspecified atom stereocenters. The first-order valence-corrected chi connectivity index (χ1v) is 6.76. The quantitative estimate of drug-likeness (QED) is 0.861. The van der Waals surface area contributed by atoms with Crippen LogP contribution in [0.15, 0.2) is 24.3 Å². The maximum absolute atomic E-state index is 6.04. The molecular weight excluding hydrogens is 224 g/mol. The van der Waals surface area contributed by atoms with Crippen LogP contribution in [0.2, 0.25) is 0 Å². The molecule has 1 aliphatic carbocycles. The second-order valence-corrected chi connectivity index (χ2v) is 5.38. The molecule has 0 aromatic heterocycles. The van der Waals surface area contributed by atoms with E-state index in [1.54, 1.807) is 7.11 Å². The molecule has 2 rings (SSSR count). The van der Waals surface area contributed by atoms with Crippen molar-refractivity contribution in [1.29, 1.82) is 0 Å². The van der Waals surface area contributed by atoms with Gasteiger partial charge in [-0.1, -0.05) is 18.2 Å². The Labute approximate surface area is 110 Å². The molecule has 100 valence electrons. The summed E-state index contributed by atoms with van der Waals surface area (Å²) in [5.74, 6) is 0. The standard InChI is InChI=1S/C15H24N2O/c1-12-6-3-4-8-14(12)17-15(11-16)9-5-7-13(10-15)18-2/h3-4,6,8,13,17H,5,7,9-11,16H2,1-2H3. The van der Waals surface area contributed by atoms with Gasteiger partial charge in [0.15, 0.2) is 0 Å². The molecule has 0 amide bonds. The van der Waals surface area contributed by atoms with Crippen molar-refractivity contribution in [2.45, 2.75) is 44.2 Å². The van der Waals surface area contributed by atoms with Crippen LogP contribution in [0.5, 0.6) is 0 Å². The second-order valence-electron chi connectivity index (χ2n) is 5.38. The number of hydrogen-bond acceptors (Lipinski definition) is 3. The van der Waals surface area contributed by atoms with Crippen LogP contribution in [-0.2, 0) is 4.74 Å². The number of para-hydroxylation sites is 1. The molecule has 0 heterocycles. The lowest BCUT2D eigenvalue weighted by molar-refractivity contribution is 0.0483. The number of methoxy groups -OCH3 is 1. The van der Waals surface area contributed by atoms with Crippen molar-refractivity contribution < 1.29 is 4.74 Å². The minimum atomic E-state index is -0.00889. The van der Waals surface area contributed by atoms with E-state index >= 15 is 0 Å². The first-order chi connectivity index (χ1) is 8.69. The summed E-state index contributed by atoms with van der Waals surface area (Å²) in [6, 6.07) is 8.39. The van der Waals surface area contributed by atoms with Gasteiger partial charge in [0.25, 0.3) is 0 Å². The molecule has 3 nitrogen and oxygen atoms in total. The summed E-state index contributed by atoms with van der Waals surface area (Å²) in [6.45, 7) is 2.78. The molecule has 3 heteroatoms. The van der Waals surface area contributed by atoms with Crippen molar-refractivity contribution in [1.82, 2.24) is 0 Å². The van der Waals surface area contributed by atoms with Crippen LogP contribution in [-0.4, -0.2) is 25.3 Å². The number of ether oxygens (including phenoxy) is 1. The summed E-state index contributed by atoms with van der Waals surface area (Å²) < 4.78 is 5.52. The fourth-order valence-electron chi connectivity index (χ4n) is 2.86. The zero-order chi connectivity index (χ0) is 13.0. The third-order valence-electron chi connectivity index (χ3n) is 4.07. The summed E-state index contributed by atoms with van der Waals surface area (Å²) in [4.78, 5) is 0. The summed E-state index contributed by atoms with van der Waals surface area (Å²) in [5.41, 5.74) is 8.49. The Bertz CT molecular complexity index is 394. The molecule has 0 bridgehead atoms. The Morgan fingerprint density at radius 3 is 2.89 bits per heavy atom. The molecule has 1 aliphatic rings. The van der Waals surface area contributed by atoms with Crippen LogP contribution in [0.1, 0.15) is 31.2 Å². The first kappa shape index (κ1) is 13.4. The smallest absolute Gasteiger partial charge is 0.0594 e. The fourth-order valence-corrected chi connectivity index (χ4v) is 2.86. The number of nitrogens with one attached hydrogen (secondary N) is 1. The van der Waals surface area contributed by atoms with Gasteiger partial charge in [0.2, 0.25) is 0 Å². The number of hydrogen-bond donors (Lipinski definition) is 2. The van der Waals surface area contributed by atoms with Crippen LogP contribution in [0, 0.1) is 6.92 Å². The average Bonchev–Trinajstić information content (AvgIpc) is 2.42. The van der Waals surface area contributed by atoms with Crippen molar-refractivity contribution in [3.8, 4) is 0 Å². The maximum atomic E-state index is 6.04. The molecule has 0 saturated heterocycles. The third-order valence-corrected chi connectivity index (χ3v) is 4.07. The highest BCUT2D eigenvalue weighted by molar-refractivity contribution is 5.52. The average molecular weight is 248 g/mol. The van der Waals surface area contributed by atoms with E-state index in [1.165, 1.54) is 17.7 Å². The molecule has 1 aromatic carbocycles. The number of benzene rings is 1. The van der Waals surface area contributed by atoms with Gasteiger partial charge in [-0.25, -0.2) is 0 Å². The van der Waals surface area contributed by atoms with Crippen LogP contribution in [0.4, 0.5) is 5.69 Å². The SMILES string of the molecule is COC1CCCC(CN)(Nc2ccccc2C)C1. The lowest BCUT2D eigenvalue weighted by Crippen LogP contribution is -2.50. The molecule has 1 saturated carbocycles. The highest BCUT2D eigenvalue weighted by atomic mass is 16.5. The van der Waals surface area contributed by atoms with Crippen LogP contribution < -0.4 is 11.1 Å².